The van der Waals surface area contributed by atoms with E-state index in [-0.39, 0.29) is 0 Å². The van der Waals surface area contributed by atoms with Crippen molar-refractivity contribution >= 4 is 5.69 Å². The molecule has 0 aliphatic carbocycles. The van der Waals surface area contributed by atoms with Crippen molar-refractivity contribution in [2.24, 2.45) is 5.73 Å². The molecule has 1 fully saturated rings. The minimum Gasteiger partial charge on any atom is -0.370 e. The smallest absolute Gasteiger partial charge is 0.0399 e. The molecular weight excluding hydrogens is 184 g/mol. The Labute approximate surface area is 92.1 Å². The van der Waals surface area contributed by atoms with Crippen molar-refractivity contribution in [3.8, 4) is 0 Å². The van der Waals surface area contributed by atoms with E-state index in [4.69, 9.17) is 5.73 Å². The molecule has 0 bridgehead atoms. The van der Waals surface area contributed by atoms with Crippen molar-refractivity contribution in [3.63, 3.8) is 0 Å². The van der Waals surface area contributed by atoms with E-state index in [0.717, 1.165) is 19.5 Å². The van der Waals surface area contributed by atoms with Crippen LogP contribution >= 0.6 is 0 Å². The van der Waals surface area contributed by atoms with E-state index in [9.17, 15) is 0 Å². The first-order valence-corrected chi connectivity index (χ1v) is 5.89. The van der Waals surface area contributed by atoms with Gasteiger partial charge in [0.1, 0.15) is 0 Å². The lowest BCUT2D eigenvalue weighted by molar-refractivity contribution is 0.505. The van der Waals surface area contributed by atoms with Crippen molar-refractivity contribution in [3.05, 3.63) is 29.8 Å². The molecule has 0 radical (unpaired) electrons. The molecule has 2 nitrogen and oxygen atoms in total. The maximum atomic E-state index is 6.01. The predicted molar refractivity (Wildman–Crippen MR) is 65.2 cm³/mol. The molecule has 15 heavy (non-hydrogen) atoms. The summed E-state index contributed by atoms with van der Waals surface area (Å²) in [5.41, 5.74) is 8.83. The Morgan fingerprint density at radius 1 is 1.40 bits per heavy atom. The van der Waals surface area contributed by atoms with Crippen LogP contribution in [0, 0.1) is 0 Å². The van der Waals surface area contributed by atoms with E-state index in [2.05, 4.69) is 36.1 Å². The lowest BCUT2D eigenvalue weighted by Crippen LogP contribution is -2.43. The van der Waals surface area contributed by atoms with Crippen molar-refractivity contribution in [1.29, 1.82) is 0 Å². The van der Waals surface area contributed by atoms with Crippen LogP contribution in [0.25, 0.3) is 0 Å². The van der Waals surface area contributed by atoms with Gasteiger partial charge in [-0.25, -0.2) is 0 Å². The number of benzene rings is 1. The Morgan fingerprint density at radius 3 is 2.93 bits per heavy atom. The summed E-state index contributed by atoms with van der Waals surface area (Å²) in [6.45, 7) is 4.38. The van der Waals surface area contributed by atoms with Crippen molar-refractivity contribution in [2.45, 2.75) is 32.2 Å². The van der Waals surface area contributed by atoms with Crippen molar-refractivity contribution in [1.82, 2.24) is 0 Å². The third-order valence-corrected chi connectivity index (χ3v) is 3.17. The molecule has 1 aromatic rings. The number of nitrogens with zero attached hydrogens (tertiary/aromatic N) is 1. The number of aryl methyl sites for hydroxylation is 1. The number of hydrogen-bond donors (Lipinski definition) is 1. The molecule has 2 rings (SSSR count). The molecule has 1 saturated heterocycles. The maximum Gasteiger partial charge on any atom is 0.0399 e. The van der Waals surface area contributed by atoms with Crippen LogP contribution in [0.5, 0.6) is 0 Å². The van der Waals surface area contributed by atoms with Gasteiger partial charge in [0, 0.05) is 24.8 Å². The monoisotopic (exact) mass is 204 g/mol. The molecule has 1 aliphatic rings. The second kappa shape index (κ2) is 4.67. The average Bonchev–Trinajstić information content (AvgIpc) is 2.29. The number of rotatable bonds is 2. The van der Waals surface area contributed by atoms with Crippen LogP contribution in [0.1, 0.15) is 25.3 Å². The van der Waals surface area contributed by atoms with Gasteiger partial charge in [0.05, 0.1) is 0 Å². The number of nitrogens with two attached hydrogens (primary N) is 1. The van der Waals surface area contributed by atoms with Crippen LogP contribution in [-0.4, -0.2) is 19.1 Å². The first kappa shape index (κ1) is 10.5. The summed E-state index contributed by atoms with van der Waals surface area (Å²) >= 11 is 0. The second-order valence-electron chi connectivity index (χ2n) is 4.33. The van der Waals surface area contributed by atoms with Gasteiger partial charge < -0.3 is 10.6 Å². The van der Waals surface area contributed by atoms with Crippen LogP contribution < -0.4 is 10.6 Å². The average molecular weight is 204 g/mol. The molecule has 1 heterocycles. The van der Waals surface area contributed by atoms with E-state index < -0.39 is 0 Å². The van der Waals surface area contributed by atoms with Crippen LogP contribution in [0.3, 0.4) is 0 Å². The van der Waals surface area contributed by atoms with Crippen LogP contribution in [-0.2, 0) is 6.42 Å². The van der Waals surface area contributed by atoms with Gasteiger partial charge in [0.25, 0.3) is 0 Å². The molecule has 0 saturated carbocycles. The Kier molecular flexibility index (Phi) is 3.27. The zero-order valence-corrected chi connectivity index (χ0v) is 9.45. The first-order chi connectivity index (χ1) is 7.31. The zero-order chi connectivity index (χ0) is 10.7. The van der Waals surface area contributed by atoms with E-state index in [1.54, 1.807) is 0 Å². The molecule has 0 aromatic heterocycles. The van der Waals surface area contributed by atoms with Gasteiger partial charge in [-0.1, -0.05) is 25.1 Å². The summed E-state index contributed by atoms with van der Waals surface area (Å²) in [6, 6.07) is 9.02. The topological polar surface area (TPSA) is 29.3 Å². The molecule has 1 aliphatic heterocycles. The van der Waals surface area contributed by atoms with Gasteiger partial charge in [0.2, 0.25) is 0 Å². The van der Waals surface area contributed by atoms with Gasteiger partial charge in [-0.3, -0.25) is 0 Å². The van der Waals surface area contributed by atoms with Gasteiger partial charge >= 0.3 is 0 Å². The fourth-order valence-electron chi connectivity index (χ4n) is 2.35. The van der Waals surface area contributed by atoms with E-state index >= 15 is 0 Å². The third-order valence-electron chi connectivity index (χ3n) is 3.17. The van der Waals surface area contributed by atoms with Crippen molar-refractivity contribution in [2.75, 3.05) is 18.0 Å². The summed E-state index contributed by atoms with van der Waals surface area (Å²) < 4.78 is 0. The number of anilines is 1. The van der Waals surface area contributed by atoms with Gasteiger partial charge in [-0.15, -0.1) is 0 Å². The molecule has 0 unspecified atom stereocenters. The van der Waals surface area contributed by atoms with Gasteiger partial charge in [-0.2, -0.15) is 0 Å². The van der Waals surface area contributed by atoms with Crippen molar-refractivity contribution < 1.29 is 0 Å². The van der Waals surface area contributed by atoms with Gasteiger partial charge in [-0.05, 0) is 30.9 Å². The number of para-hydroxylation sites is 1. The lowest BCUT2D eigenvalue weighted by atomic mass is 10.0. The highest BCUT2D eigenvalue weighted by atomic mass is 15.1. The molecule has 82 valence electrons. The fourth-order valence-corrected chi connectivity index (χ4v) is 2.35. The maximum absolute atomic E-state index is 6.01. The van der Waals surface area contributed by atoms with Crippen LogP contribution in [0.4, 0.5) is 5.69 Å². The summed E-state index contributed by atoms with van der Waals surface area (Å²) in [5.74, 6) is 0. The SMILES string of the molecule is CCc1ccccc1N1CCC[C@@H](N)C1. The second-order valence-corrected chi connectivity index (χ2v) is 4.33. The Bertz CT molecular complexity index is 322. The minimum absolute atomic E-state index is 0.351. The molecule has 2 heteroatoms. The highest BCUT2D eigenvalue weighted by Gasteiger charge is 2.18. The molecular formula is C13H20N2. The molecule has 0 spiro atoms. The van der Waals surface area contributed by atoms with Crippen LogP contribution in [0.15, 0.2) is 24.3 Å². The molecule has 1 atom stereocenters. The summed E-state index contributed by atoms with van der Waals surface area (Å²) in [7, 11) is 0. The lowest BCUT2D eigenvalue weighted by Gasteiger charge is -2.33. The Balaban J connectivity index is 2.20. The van der Waals surface area contributed by atoms with E-state index in [1.807, 2.05) is 0 Å². The molecule has 0 amide bonds. The predicted octanol–water partition coefficient (Wildman–Crippen LogP) is 2.18. The van der Waals surface area contributed by atoms with E-state index in [0.29, 0.717) is 6.04 Å². The Hall–Kier alpha value is -1.02. The summed E-state index contributed by atoms with van der Waals surface area (Å²) in [5, 5.41) is 0. The Morgan fingerprint density at radius 2 is 2.20 bits per heavy atom. The fraction of sp³-hybridized carbons (Fsp3) is 0.538. The van der Waals surface area contributed by atoms with Gasteiger partial charge in [0.15, 0.2) is 0 Å². The number of hydrogen-bond acceptors (Lipinski definition) is 2. The van der Waals surface area contributed by atoms with E-state index in [1.165, 1.54) is 24.1 Å². The summed E-state index contributed by atoms with van der Waals surface area (Å²) in [4.78, 5) is 2.44. The highest BCUT2D eigenvalue weighted by molar-refractivity contribution is 5.54. The largest absolute Gasteiger partial charge is 0.370 e. The summed E-state index contributed by atoms with van der Waals surface area (Å²) in [6.07, 6.45) is 3.49. The first-order valence-electron chi connectivity index (χ1n) is 5.89. The third kappa shape index (κ3) is 2.32. The quantitative estimate of drug-likeness (QED) is 0.800. The number of piperidine rings is 1. The highest BCUT2D eigenvalue weighted by Crippen LogP contribution is 2.23. The zero-order valence-electron chi connectivity index (χ0n) is 9.45. The van der Waals surface area contributed by atoms with Crippen LogP contribution in [0.2, 0.25) is 0 Å². The standard InChI is InChI=1S/C13H20N2/c1-2-11-6-3-4-8-13(11)15-9-5-7-12(14)10-15/h3-4,6,8,12H,2,5,7,9-10,14H2,1H3/t12-/m1/s1. The minimum atomic E-state index is 0.351. The molecule has 1 aromatic carbocycles. The molecule has 2 N–H and O–H groups in total. The normalized spacial score (nSPS) is 21.7.